The second-order valence-electron chi connectivity index (χ2n) is 2.87. The highest BCUT2D eigenvalue weighted by Gasteiger charge is 2.11. The molecule has 78 valence electrons. The first kappa shape index (κ1) is 10.2. The number of benzene rings is 1. The van der Waals surface area contributed by atoms with E-state index in [1.54, 1.807) is 11.8 Å². The molecule has 5 heteroatoms. The summed E-state index contributed by atoms with van der Waals surface area (Å²) in [5.74, 6) is 0.755. The van der Waals surface area contributed by atoms with Gasteiger partial charge < -0.3 is 9.63 Å². The van der Waals surface area contributed by atoms with Crippen LogP contribution in [0.3, 0.4) is 0 Å². The van der Waals surface area contributed by atoms with E-state index < -0.39 is 0 Å². The Kier molecular flexibility index (Phi) is 3.03. The van der Waals surface area contributed by atoms with Gasteiger partial charge in [-0.15, -0.1) is 11.8 Å². The lowest BCUT2D eigenvalue weighted by molar-refractivity contribution is 0.264. The first-order chi connectivity index (χ1) is 7.35. The van der Waals surface area contributed by atoms with E-state index in [9.17, 15) is 0 Å². The lowest BCUT2D eigenvalue weighted by atomic mass is 10.2. The van der Waals surface area contributed by atoms with E-state index in [2.05, 4.69) is 10.1 Å². The standard InChI is InChI=1S/C10H10N2O2S/c1-15-8-5-3-2-4-7(8)10-11-9(6-13)12-14-10/h2-5,13H,6H2,1H3. The predicted octanol–water partition coefficient (Wildman–Crippen LogP) is 1.95. The summed E-state index contributed by atoms with van der Waals surface area (Å²) >= 11 is 1.62. The van der Waals surface area contributed by atoms with Crippen molar-refractivity contribution in [2.45, 2.75) is 11.5 Å². The molecule has 0 fully saturated rings. The van der Waals surface area contributed by atoms with Gasteiger partial charge >= 0.3 is 0 Å². The third kappa shape index (κ3) is 2.03. The van der Waals surface area contributed by atoms with Crippen LogP contribution in [0.5, 0.6) is 0 Å². The van der Waals surface area contributed by atoms with Gasteiger partial charge in [0, 0.05) is 4.90 Å². The minimum absolute atomic E-state index is 0.203. The molecule has 2 aromatic rings. The Labute approximate surface area is 91.3 Å². The van der Waals surface area contributed by atoms with Crippen molar-refractivity contribution in [1.29, 1.82) is 0 Å². The van der Waals surface area contributed by atoms with Crippen LogP contribution in [-0.4, -0.2) is 21.5 Å². The summed E-state index contributed by atoms with van der Waals surface area (Å²) in [6.07, 6.45) is 1.99. The molecule has 1 aromatic carbocycles. The summed E-state index contributed by atoms with van der Waals surface area (Å²) in [5.41, 5.74) is 0.900. The van der Waals surface area contributed by atoms with Crippen molar-refractivity contribution >= 4 is 11.8 Å². The van der Waals surface area contributed by atoms with Gasteiger partial charge in [0.1, 0.15) is 6.61 Å². The number of aliphatic hydroxyl groups is 1. The Hall–Kier alpha value is -1.33. The van der Waals surface area contributed by atoms with Crippen LogP contribution in [0, 0.1) is 0 Å². The number of aromatic nitrogens is 2. The van der Waals surface area contributed by atoms with Crippen LogP contribution in [0.25, 0.3) is 11.5 Å². The lowest BCUT2D eigenvalue weighted by Crippen LogP contribution is -1.85. The molecular weight excluding hydrogens is 212 g/mol. The van der Waals surface area contributed by atoms with Gasteiger partial charge in [-0.25, -0.2) is 0 Å². The molecule has 0 bridgehead atoms. The van der Waals surface area contributed by atoms with E-state index in [1.807, 2.05) is 30.5 Å². The first-order valence-electron chi connectivity index (χ1n) is 4.42. The second kappa shape index (κ2) is 4.46. The van der Waals surface area contributed by atoms with Crippen molar-refractivity contribution in [3.05, 3.63) is 30.1 Å². The van der Waals surface area contributed by atoms with Crippen LogP contribution in [0.1, 0.15) is 5.82 Å². The molecule has 0 atom stereocenters. The quantitative estimate of drug-likeness (QED) is 0.804. The summed E-state index contributed by atoms with van der Waals surface area (Å²) in [7, 11) is 0. The van der Waals surface area contributed by atoms with Gasteiger partial charge in [-0.2, -0.15) is 4.98 Å². The van der Waals surface area contributed by atoms with E-state index in [0.29, 0.717) is 11.7 Å². The summed E-state index contributed by atoms with van der Waals surface area (Å²) in [6, 6.07) is 7.78. The SMILES string of the molecule is CSc1ccccc1-c1nc(CO)no1. The number of hydrogen-bond donors (Lipinski definition) is 1. The summed E-state index contributed by atoms with van der Waals surface area (Å²) in [4.78, 5) is 5.14. The van der Waals surface area contributed by atoms with Gasteiger partial charge in [-0.05, 0) is 18.4 Å². The summed E-state index contributed by atoms with van der Waals surface area (Å²) in [5, 5.41) is 12.5. The fraction of sp³-hybridized carbons (Fsp3) is 0.200. The van der Waals surface area contributed by atoms with Crippen molar-refractivity contribution < 1.29 is 9.63 Å². The fourth-order valence-electron chi connectivity index (χ4n) is 1.25. The molecule has 15 heavy (non-hydrogen) atoms. The molecule has 0 aliphatic heterocycles. The molecule has 1 heterocycles. The zero-order chi connectivity index (χ0) is 10.7. The molecule has 0 amide bonds. The van der Waals surface area contributed by atoms with Crippen molar-refractivity contribution in [2.24, 2.45) is 0 Å². The number of thioether (sulfide) groups is 1. The molecule has 0 saturated heterocycles. The highest BCUT2D eigenvalue weighted by atomic mass is 32.2. The Balaban J connectivity index is 2.44. The topological polar surface area (TPSA) is 59.2 Å². The zero-order valence-corrected chi connectivity index (χ0v) is 8.99. The van der Waals surface area contributed by atoms with Gasteiger partial charge in [0.25, 0.3) is 5.89 Å². The molecular formula is C10H10N2O2S. The molecule has 0 spiro atoms. The maximum Gasteiger partial charge on any atom is 0.259 e. The van der Waals surface area contributed by atoms with Crippen LogP contribution < -0.4 is 0 Å². The van der Waals surface area contributed by atoms with Crippen molar-refractivity contribution in [2.75, 3.05) is 6.26 Å². The average Bonchev–Trinajstić information content (AvgIpc) is 2.77. The van der Waals surface area contributed by atoms with E-state index in [0.717, 1.165) is 10.5 Å². The molecule has 2 rings (SSSR count). The van der Waals surface area contributed by atoms with Crippen LogP contribution in [0.15, 0.2) is 33.7 Å². The maximum atomic E-state index is 8.83. The molecule has 1 N–H and O–H groups in total. The van der Waals surface area contributed by atoms with Crippen LogP contribution >= 0.6 is 11.8 Å². The molecule has 0 radical (unpaired) electrons. The third-order valence-corrected chi connectivity index (χ3v) is 2.74. The molecule has 0 aliphatic carbocycles. The van der Waals surface area contributed by atoms with E-state index in [1.165, 1.54) is 0 Å². The molecule has 0 aliphatic rings. The van der Waals surface area contributed by atoms with Crippen molar-refractivity contribution in [3.8, 4) is 11.5 Å². The first-order valence-corrected chi connectivity index (χ1v) is 5.64. The van der Waals surface area contributed by atoms with E-state index in [-0.39, 0.29) is 6.61 Å². The highest BCUT2D eigenvalue weighted by Crippen LogP contribution is 2.28. The Morgan fingerprint density at radius 1 is 1.40 bits per heavy atom. The van der Waals surface area contributed by atoms with Crippen LogP contribution in [-0.2, 0) is 6.61 Å². The Morgan fingerprint density at radius 3 is 2.87 bits per heavy atom. The average molecular weight is 222 g/mol. The monoisotopic (exact) mass is 222 g/mol. The largest absolute Gasteiger partial charge is 0.388 e. The third-order valence-electron chi connectivity index (χ3n) is 1.95. The normalized spacial score (nSPS) is 10.5. The van der Waals surface area contributed by atoms with E-state index in [4.69, 9.17) is 9.63 Å². The Bertz CT molecular complexity index is 456. The maximum absolute atomic E-state index is 8.83. The Morgan fingerprint density at radius 2 is 2.20 bits per heavy atom. The minimum Gasteiger partial charge on any atom is -0.388 e. The summed E-state index contributed by atoms with van der Waals surface area (Å²) in [6.45, 7) is -0.203. The molecule has 0 unspecified atom stereocenters. The minimum atomic E-state index is -0.203. The zero-order valence-electron chi connectivity index (χ0n) is 8.17. The molecule has 4 nitrogen and oxygen atoms in total. The summed E-state index contributed by atoms with van der Waals surface area (Å²) < 4.78 is 5.05. The number of nitrogens with zero attached hydrogens (tertiary/aromatic N) is 2. The van der Waals surface area contributed by atoms with Gasteiger partial charge in [-0.1, -0.05) is 17.3 Å². The number of aliphatic hydroxyl groups excluding tert-OH is 1. The smallest absolute Gasteiger partial charge is 0.259 e. The number of hydrogen-bond acceptors (Lipinski definition) is 5. The molecule has 0 saturated carbocycles. The van der Waals surface area contributed by atoms with Gasteiger partial charge in [-0.3, -0.25) is 0 Å². The molecule has 1 aromatic heterocycles. The van der Waals surface area contributed by atoms with Gasteiger partial charge in [0.05, 0.1) is 5.56 Å². The van der Waals surface area contributed by atoms with E-state index >= 15 is 0 Å². The lowest BCUT2D eigenvalue weighted by Gasteiger charge is -2.00. The van der Waals surface area contributed by atoms with Crippen LogP contribution in [0.2, 0.25) is 0 Å². The van der Waals surface area contributed by atoms with Crippen LogP contribution in [0.4, 0.5) is 0 Å². The van der Waals surface area contributed by atoms with Gasteiger partial charge in [0.2, 0.25) is 0 Å². The van der Waals surface area contributed by atoms with Gasteiger partial charge in [0.15, 0.2) is 5.82 Å². The fourth-order valence-corrected chi connectivity index (χ4v) is 1.84. The number of rotatable bonds is 3. The highest BCUT2D eigenvalue weighted by molar-refractivity contribution is 7.98. The van der Waals surface area contributed by atoms with Crippen molar-refractivity contribution in [1.82, 2.24) is 10.1 Å². The predicted molar refractivity (Wildman–Crippen MR) is 57.4 cm³/mol. The second-order valence-corrected chi connectivity index (χ2v) is 3.72. The van der Waals surface area contributed by atoms with Crippen molar-refractivity contribution in [3.63, 3.8) is 0 Å².